The van der Waals surface area contributed by atoms with Crippen molar-refractivity contribution in [1.29, 1.82) is 0 Å². The molecule has 40 heavy (non-hydrogen) atoms. The zero-order chi connectivity index (χ0) is 27.5. The molecule has 10 heteroatoms. The number of halogens is 2. The maximum atomic E-state index is 11.7. The van der Waals surface area contributed by atoms with Crippen LogP contribution in [0.2, 0.25) is 10.0 Å². The lowest BCUT2D eigenvalue weighted by Crippen LogP contribution is -2.47. The van der Waals surface area contributed by atoms with Crippen molar-refractivity contribution in [3.8, 4) is 23.1 Å². The van der Waals surface area contributed by atoms with Gasteiger partial charge < -0.3 is 18.8 Å². The van der Waals surface area contributed by atoms with Crippen LogP contribution >= 0.6 is 23.2 Å². The molecule has 0 aliphatic heterocycles. The number of aromatic carboxylic acids is 1. The first-order valence-electron chi connectivity index (χ1n) is 13.5. The Kier molecular flexibility index (Phi) is 6.15. The lowest BCUT2D eigenvalue weighted by Gasteiger charge is -2.51. The molecule has 0 amide bonds. The Labute approximate surface area is 240 Å². The third-order valence-electron chi connectivity index (χ3n) is 8.75. The van der Waals surface area contributed by atoms with E-state index in [1.165, 1.54) is 0 Å². The van der Waals surface area contributed by atoms with Crippen molar-refractivity contribution >= 4 is 34.8 Å². The van der Waals surface area contributed by atoms with Crippen LogP contribution in [0.1, 0.15) is 84.5 Å². The normalized spacial score (nSPS) is 23.8. The summed E-state index contributed by atoms with van der Waals surface area (Å²) in [6, 6.07) is 1.61. The summed E-state index contributed by atoms with van der Waals surface area (Å²) in [6.45, 7) is 0.390. The van der Waals surface area contributed by atoms with E-state index in [2.05, 4.69) is 27.0 Å². The van der Waals surface area contributed by atoms with Crippen LogP contribution < -0.4 is 0 Å². The SMILES string of the molecule is O=C(O)c1cc(C#CC23CCC(OCc4c(-c5c(Cl)cncc5Cl)noc4C4CC4)(CC2)CC3)cn2ccnc12. The van der Waals surface area contributed by atoms with E-state index in [0.717, 1.165) is 62.7 Å². The van der Waals surface area contributed by atoms with Gasteiger partial charge in [0.25, 0.3) is 0 Å². The number of rotatable bonds is 6. The molecule has 4 fully saturated rings. The van der Waals surface area contributed by atoms with Crippen molar-refractivity contribution in [2.45, 2.75) is 69.5 Å². The molecule has 8 rings (SSSR count). The van der Waals surface area contributed by atoms with E-state index in [4.69, 9.17) is 32.5 Å². The molecule has 2 bridgehead atoms. The van der Waals surface area contributed by atoms with Crippen LogP contribution in [0.25, 0.3) is 16.9 Å². The topological polar surface area (TPSA) is 103 Å². The van der Waals surface area contributed by atoms with Gasteiger partial charge in [0.15, 0.2) is 5.65 Å². The van der Waals surface area contributed by atoms with Gasteiger partial charge in [-0.3, -0.25) is 4.98 Å². The van der Waals surface area contributed by atoms with E-state index in [-0.39, 0.29) is 16.6 Å². The number of carboxylic acids is 1. The molecule has 204 valence electrons. The maximum Gasteiger partial charge on any atom is 0.339 e. The summed E-state index contributed by atoms with van der Waals surface area (Å²) in [4.78, 5) is 20.0. The summed E-state index contributed by atoms with van der Waals surface area (Å²) in [7, 11) is 0. The van der Waals surface area contributed by atoms with Gasteiger partial charge in [-0.1, -0.05) is 40.2 Å². The van der Waals surface area contributed by atoms with Crippen LogP contribution in [0.5, 0.6) is 0 Å². The van der Waals surface area contributed by atoms with Gasteiger partial charge >= 0.3 is 5.97 Å². The Balaban J connectivity index is 1.09. The van der Waals surface area contributed by atoms with Gasteiger partial charge in [0, 0.05) is 59.0 Å². The van der Waals surface area contributed by atoms with Crippen LogP contribution in [0.15, 0.2) is 41.6 Å². The summed E-state index contributed by atoms with van der Waals surface area (Å²) in [5.74, 6) is 7.04. The number of hydrogen-bond donors (Lipinski definition) is 1. The Bertz CT molecular complexity index is 1670. The molecule has 0 aromatic carbocycles. The molecule has 4 aliphatic carbocycles. The number of carboxylic acid groups (broad SMARTS) is 1. The predicted molar refractivity (Wildman–Crippen MR) is 148 cm³/mol. The number of ether oxygens (including phenoxy) is 1. The van der Waals surface area contributed by atoms with Gasteiger partial charge in [-0.05, 0) is 57.4 Å². The van der Waals surface area contributed by atoms with E-state index in [1.54, 1.807) is 35.3 Å². The first kappa shape index (κ1) is 25.6. The molecular formula is C30H26Cl2N4O4. The molecule has 4 aromatic heterocycles. The Morgan fingerprint density at radius 1 is 1.15 bits per heavy atom. The molecule has 4 heterocycles. The van der Waals surface area contributed by atoms with Crippen molar-refractivity contribution in [1.82, 2.24) is 19.5 Å². The van der Waals surface area contributed by atoms with Crippen molar-refractivity contribution in [3.05, 3.63) is 69.5 Å². The third-order valence-corrected chi connectivity index (χ3v) is 9.32. The average molecular weight is 577 g/mol. The zero-order valence-corrected chi connectivity index (χ0v) is 23.1. The number of hydrogen-bond acceptors (Lipinski definition) is 6. The fraction of sp³-hybridized carbons (Fsp3) is 0.400. The van der Waals surface area contributed by atoms with Crippen molar-refractivity contribution < 1.29 is 19.2 Å². The van der Waals surface area contributed by atoms with Crippen LogP contribution in [0.4, 0.5) is 0 Å². The molecule has 0 spiro atoms. The minimum Gasteiger partial charge on any atom is -0.478 e. The zero-order valence-electron chi connectivity index (χ0n) is 21.6. The lowest BCUT2D eigenvalue weighted by atomic mass is 9.59. The van der Waals surface area contributed by atoms with Crippen LogP contribution in [-0.4, -0.2) is 36.2 Å². The first-order valence-corrected chi connectivity index (χ1v) is 14.3. The van der Waals surface area contributed by atoms with Crippen LogP contribution in [0, 0.1) is 17.3 Å². The third kappa shape index (κ3) is 4.46. The Hall–Kier alpha value is -3.38. The van der Waals surface area contributed by atoms with Gasteiger partial charge in [-0.15, -0.1) is 0 Å². The van der Waals surface area contributed by atoms with Gasteiger partial charge in [-0.2, -0.15) is 0 Å². The fourth-order valence-corrected chi connectivity index (χ4v) is 6.75. The summed E-state index contributed by atoms with van der Waals surface area (Å²) in [5.41, 5.74) is 3.15. The molecule has 4 aromatic rings. The monoisotopic (exact) mass is 576 g/mol. The highest BCUT2D eigenvalue weighted by Crippen LogP contribution is 2.54. The molecule has 0 atom stereocenters. The second-order valence-electron chi connectivity index (χ2n) is 11.2. The van der Waals surface area contributed by atoms with E-state index in [1.807, 2.05) is 6.20 Å². The highest BCUT2D eigenvalue weighted by atomic mass is 35.5. The summed E-state index contributed by atoms with van der Waals surface area (Å²) in [6.07, 6.45) is 16.0. The van der Waals surface area contributed by atoms with Crippen molar-refractivity contribution in [3.63, 3.8) is 0 Å². The van der Waals surface area contributed by atoms with E-state index in [9.17, 15) is 9.90 Å². The summed E-state index contributed by atoms with van der Waals surface area (Å²) in [5, 5.41) is 14.9. The number of pyridine rings is 2. The molecule has 0 radical (unpaired) electrons. The van der Waals surface area contributed by atoms with Gasteiger partial charge in [0.2, 0.25) is 0 Å². The minimum atomic E-state index is -1.01. The van der Waals surface area contributed by atoms with Crippen molar-refractivity contribution in [2.75, 3.05) is 0 Å². The molecule has 1 N–H and O–H groups in total. The summed E-state index contributed by atoms with van der Waals surface area (Å²) < 4.78 is 14.2. The molecule has 4 aliphatic rings. The second kappa shape index (κ2) is 9.62. The van der Waals surface area contributed by atoms with E-state index < -0.39 is 5.97 Å². The number of nitrogens with zero attached hydrogens (tertiary/aromatic N) is 4. The highest BCUT2D eigenvalue weighted by Gasteiger charge is 2.49. The second-order valence-corrected chi connectivity index (χ2v) is 12.0. The minimum absolute atomic E-state index is 0.0853. The van der Waals surface area contributed by atoms with E-state index in [0.29, 0.717) is 45.0 Å². The number of fused-ring (bicyclic) bond motifs is 4. The Morgan fingerprint density at radius 3 is 2.55 bits per heavy atom. The number of carbonyl (C=O) groups is 1. The summed E-state index contributed by atoms with van der Waals surface area (Å²) >= 11 is 12.9. The molecule has 0 saturated heterocycles. The largest absolute Gasteiger partial charge is 0.478 e. The quantitative estimate of drug-likeness (QED) is 0.248. The van der Waals surface area contributed by atoms with Crippen LogP contribution in [-0.2, 0) is 11.3 Å². The number of imidazole rings is 1. The van der Waals surface area contributed by atoms with Gasteiger partial charge in [0.05, 0.1) is 22.3 Å². The highest BCUT2D eigenvalue weighted by molar-refractivity contribution is 6.38. The van der Waals surface area contributed by atoms with Crippen molar-refractivity contribution in [2.24, 2.45) is 5.41 Å². The average Bonchev–Trinajstić information content (AvgIpc) is 3.54. The molecule has 0 unspecified atom stereocenters. The Morgan fingerprint density at radius 2 is 1.88 bits per heavy atom. The van der Waals surface area contributed by atoms with Crippen LogP contribution in [0.3, 0.4) is 0 Å². The maximum absolute atomic E-state index is 11.7. The fourth-order valence-electron chi connectivity index (χ4n) is 6.21. The predicted octanol–water partition coefficient (Wildman–Crippen LogP) is 6.93. The number of aromatic nitrogens is 4. The molecular weight excluding hydrogens is 551 g/mol. The first-order chi connectivity index (χ1) is 19.4. The van der Waals surface area contributed by atoms with E-state index >= 15 is 0 Å². The molecule has 4 saturated carbocycles. The van der Waals surface area contributed by atoms with Gasteiger partial charge in [0.1, 0.15) is 17.0 Å². The molecule has 8 nitrogen and oxygen atoms in total. The smallest absolute Gasteiger partial charge is 0.339 e. The lowest BCUT2D eigenvalue weighted by molar-refractivity contribution is -0.131. The standard InChI is InChI=1S/C30H26Cl2N4O4/c31-22-14-33-15-23(32)24(22)25-21(26(40-35-25)19-1-2-19)17-39-30-8-5-29(6-9-30,7-10-30)4-3-18-13-20(28(37)38)27-34-11-12-36(27)16-18/h11-16,19H,1-2,5-10,17H2,(H,37,38). The van der Waals surface area contributed by atoms with Gasteiger partial charge in [-0.25, -0.2) is 9.78 Å².